The van der Waals surface area contributed by atoms with Gasteiger partial charge in [0.05, 0.1) is 11.4 Å². The van der Waals surface area contributed by atoms with E-state index in [1.54, 1.807) is 23.1 Å². The van der Waals surface area contributed by atoms with Crippen LogP contribution in [0.1, 0.15) is 19.8 Å². The van der Waals surface area contributed by atoms with Gasteiger partial charge in [-0.2, -0.15) is 0 Å². The van der Waals surface area contributed by atoms with E-state index in [1.807, 2.05) is 43.3 Å². The Labute approximate surface area is 152 Å². The Bertz CT molecular complexity index is 820. The quantitative estimate of drug-likeness (QED) is 0.900. The molecule has 3 rings (SSSR count). The van der Waals surface area contributed by atoms with E-state index in [1.165, 1.54) is 4.90 Å². The molecule has 0 fully saturated rings. The van der Waals surface area contributed by atoms with Crippen LogP contribution in [0.25, 0.3) is 0 Å². The summed E-state index contributed by atoms with van der Waals surface area (Å²) in [6.45, 7) is 2.41. The van der Waals surface area contributed by atoms with Crippen LogP contribution in [-0.4, -0.2) is 30.8 Å². The van der Waals surface area contributed by atoms with Crippen LogP contribution < -0.4 is 15.1 Å². The van der Waals surface area contributed by atoms with Crippen LogP contribution in [0.3, 0.4) is 0 Å². The first kappa shape index (κ1) is 17.7. The minimum Gasteiger partial charge on any atom is -0.323 e. The first-order valence-corrected chi connectivity index (χ1v) is 8.65. The van der Waals surface area contributed by atoms with Gasteiger partial charge in [-0.15, -0.1) is 0 Å². The van der Waals surface area contributed by atoms with Crippen LogP contribution in [0.4, 0.5) is 17.1 Å². The lowest BCUT2D eigenvalue weighted by molar-refractivity contribution is -0.124. The second kappa shape index (κ2) is 7.82. The molecule has 0 atom stereocenters. The van der Waals surface area contributed by atoms with Crippen molar-refractivity contribution in [3.8, 4) is 0 Å². The highest BCUT2D eigenvalue weighted by Gasteiger charge is 2.27. The number of anilines is 3. The summed E-state index contributed by atoms with van der Waals surface area (Å²) in [6, 6.07) is 16.5. The van der Waals surface area contributed by atoms with Gasteiger partial charge in [0.15, 0.2) is 0 Å². The lowest BCUT2D eigenvalue weighted by atomic mass is 10.1. The third kappa shape index (κ3) is 3.74. The molecular formula is C20H21N3O3. The summed E-state index contributed by atoms with van der Waals surface area (Å²) >= 11 is 0. The second-order valence-corrected chi connectivity index (χ2v) is 6.02. The molecule has 0 saturated heterocycles. The molecule has 0 radical (unpaired) electrons. The molecule has 1 aliphatic heterocycles. The summed E-state index contributed by atoms with van der Waals surface area (Å²) in [6.07, 6.45) is 0.158. The average molecular weight is 351 g/mol. The summed E-state index contributed by atoms with van der Waals surface area (Å²) < 4.78 is 0. The molecular weight excluding hydrogens is 330 g/mol. The van der Waals surface area contributed by atoms with Gasteiger partial charge in [0.1, 0.15) is 6.54 Å². The van der Waals surface area contributed by atoms with E-state index in [2.05, 4.69) is 5.32 Å². The number of hydrogen-bond donors (Lipinski definition) is 1. The van der Waals surface area contributed by atoms with Gasteiger partial charge in [-0.1, -0.05) is 30.3 Å². The summed E-state index contributed by atoms with van der Waals surface area (Å²) in [4.78, 5) is 40.1. The van der Waals surface area contributed by atoms with Crippen molar-refractivity contribution >= 4 is 34.8 Å². The maximum Gasteiger partial charge on any atom is 0.244 e. The number of nitrogens with zero attached hydrogens (tertiary/aromatic N) is 2. The SMILES string of the molecule is CCN(C(=O)CCC(=O)N1CC(=O)Nc2ccccc21)c1ccccc1. The summed E-state index contributed by atoms with van der Waals surface area (Å²) in [5.41, 5.74) is 2.10. The summed E-state index contributed by atoms with van der Waals surface area (Å²) in [7, 11) is 0. The van der Waals surface area contributed by atoms with Gasteiger partial charge in [0, 0.05) is 25.1 Å². The van der Waals surface area contributed by atoms with Gasteiger partial charge in [-0.25, -0.2) is 0 Å². The van der Waals surface area contributed by atoms with Gasteiger partial charge in [-0.05, 0) is 31.2 Å². The predicted octanol–water partition coefficient (Wildman–Crippen LogP) is 2.81. The molecule has 3 amide bonds. The van der Waals surface area contributed by atoms with Crippen molar-refractivity contribution in [1.82, 2.24) is 0 Å². The van der Waals surface area contributed by atoms with E-state index in [0.29, 0.717) is 17.9 Å². The van der Waals surface area contributed by atoms with E-state index >= 15 is 0 Å². The Morgan fingerprint density at radius 2 is 1.73 bits per heavy atom. The number of amides is 3. The minimum atomic E-state index is -0.233. The predicted molar refractivity (Wildman–Crippen MR) is 101 cm³/mol. The first-order chi connectivity index (χ1) is 12.6. The fourth-order valence-electron chi connectivity index (χ4n) is 3.05. The highest BCUT2D eigenvalue weighted by molar-refractivity contribution is 6.10. The smallest absolute Gasteiger partial charge is 0.244 e. The monoisotopic (exact) mass is 351 g/mol. The zero-order chi connectivity index (χ0) is 18.5. The molecule has 1 heterocycles. The lowest BCUT2D eigenvalue weighted by Crippen LogP contribution is -2.42. The zero-order valence-corrected chi connectivity index (χ0v) is 14.6. The number of para-hydroxylation sites is 3. The average Bonchev–Trinajstić information content (AvgIpc) is 2.66. The van der Waals surface area contributed by atoms with E-state index in [9.17, 15) is 14.4 Å². The zero-order valence-electron chi connectivity index (χ0n) is 14.6. The van der Waals surface area contributed by atoms with Gasteiger partial charge >= 0.3 is 0 Å². The highest BCUT2D eigenvalue weighted by atomic mass is 16.2. The van der Waals surface area contributed by atoms with Crippen LogP contribution in [0, 0.1) is 0 Å². The molecule has 0 saturated carbocycles. The number of carbonyl (C=O) groups is 3. The van der Waals surface area contributed by atoms with E-state index in [0.717, 1.165) is 5.69 Å². The van der Waals surface area contributed by atoms with Crippen LogP contribution in [0.2, 0.25) is 0 Å². The molecule has 2 aromatic rings. The van der Waals surface area contributed by atoms with Gasteiger partial charge < -0.3 is 15.1 Å². The number of fused-ring (bicyclic) bond motifs is 1. The summed E-state index contributed by atoms with van der Waals surface area (Å²) in [5.74, 6) is -0.575. The van der Waals surface area contributed by atoms with Crippen molar-refractivity contribution in [3.05, 3.63) is 54.6 Å². The largest absolute Gasteiger partial charge is 0.323 e. The maximum absolute atomic E-state index is 12.6. The molecule has 0 bridgehead atoms. The molecule has 6 nitrogen and oxygen atoms in total. The maximum atomic E-state index is 12.6. The van der Waals surface area contributed by atoms with Crippen LogP contribution in [-0.2, 0) is 14.4 Å². The number of rotatable bonds is 5. The third-order valence-corrected chi connectivity index (χ3v) is 4.31. The molecule has 0 aromatic heterocycles. The van der Waals surface area contributed by atoms with Crippen molar-refractivity contribution in [1.29, 1.82) is 0 Å². The number of nitrogens with one attached hydrogen (secondary N) is 1. The van der Waals surface area contributed by atoms with Crippen LogP contribution >= 0.6 is 0 Å². The number of carbonyl (C=O) groups excluding carboxylic acids is 3. The molecule has 1 N–H and O–H groups in total. The highest BCUT2D eigenvalue weighted by Crippen LogP contribution is 2.29. The molecule has 0 aliphatic carbocycles. The lowest BCUT2D eigenvalue weighted by Gasteiger charge is -2.29. The van der Waals surface area contributed by atoms with Crippen LogP contribution in [0.15, 0.2) is 54.6 Å². The Morgan fingerprint density at radius 1 is 1.04 bits per heavy atom. The molecule has 26 heavy (non-hydrogen) atoms. The van der Waals surface area contributed by atoms with Gasteiger partial charge in [-0.3, -0.25) is 14.4 Å². The van der Waals surface area contributed by atoms with E-state index < -0.39 is 0 Å². The Kier molecular flexibility index (Phi) is 5.31. The van der Waals surface area contributed by atoms with Crippen molar-refractivity contribution in [2.45, 2.75) is 19.8 Å². The topological polar surface area (TPSA) is 69.7 Å². The molecule has 0 unspecified atom stereocenters. The van der Waals surface area contributed by atoms with E-state index in [4.69, 9.17) is 0 Å². The van der Waals surface area contributed by atoms with Crippen LogP contribution in [0.5, 0.6) is 0 Å². The Morgan fingerprint density at radius 3 is 2.46 bits per heavy atom. The molecule has 6 heteroatoms. The molecule has 0 spiro atoms. The summed E-state index contributed by atoms with van der Waals surface area (Å²) in [5, 5.41) is 2.75. The Hall–Kier alpha value is -3.15. The van der Waals surface area contributed by atoms with Gasteiger partial charge in [0.25, 0.3) is 0 Å². The normalized spacial score (nSPS) is 13.0. The van der Waals surface area contributed by atoms with Crippen molar-refractivity contribution < 1.29 is 14.4 Å². The van der Waals surface area contributed by atoms with Gasteiger partial charge in [0.2, 0.25) is 17.7 Å². The molecule has 2 aromatic carbocycles. The Balaban J connectivity index is 1.67. The number of benzene rings is 2. The first-order valence-electron chi connectivity index (χ1n) is 8.65. The second-order valence-electron chi connectivity index (χ2n) is 6.02. The fourth-order valence-corrected chi connectivity index (χ4v) is 3.05. The standard InChI is InChI=1S/C20H21N3O3/c1-2-22(15-8-4-3-5-9-15)19(25)12-13-20(26)23-14-18(24)21-16-10-6-7-11-17(16)23/h3-11H,2,12-14H2,1H3,(H,21,24). The fraction of sp³-hybridized carbons (Fsp3) is 0.250. The molecule has 1 aliphatic rings. The van der Waals surface area contributed by atoms with Crippen molar-refractivity contribution in [2.75, 3.05) is 28.2 Å². The van der Waals surface area contributed by atoms with E-state index in [-0.39, 0.29) is 37.1 Å². The van der Waals surface area contributed by atoms with Crippen molar-refractivity contribution in [3.63, 3.8) is 0 Å². The van der Waals surface area contributed by atoms with Crippen molar-refractivity contribution in [2.24, 2.45) is 0 Å². The minimum absolute atomic E-state index is 0.0276. The molecule has 134 valence electrons. The number of hydrogen-bond acceptors (Lipinski definition) is 3. The third-order valence-electron chi connectivity index (χ3n) is 4.31.